The van der Waals surface area contributed by atoms with Crippen molar-refractivity contribution in [3.8, 4) is 5.75 Å². The number of nitrogens with two attached hydrogens (primary N) is 1. The quantitative estimate of drug-likeness (QED) is 0.937. The lowest BCUT2D eigenvalue weighted by Gasteiger charge is -2.15. The summed E-state index contributed by atoms with van der Waals surface area (Å²) in [6.07, 6.45) is -1.36. The number of aromatic nitrogens is 1. The molecule has 0 aliphatic heterocycles. The van der Waals surface area contributed by atoms with Crippen LogP contribution in [0.3, 0.4) is 0 Å². The van der Waals surface area contributed by atoms with E-state index in [-0.39, 0.29) is 18.9 Å². The van der Waals surface area contributed by atoms with E-state index in [0.29, 0.717) is 5.56 Å². The SMILES string of the molecule is NCc1ccc(OCc2ccncc2)c(C(F)(F)F)c1. The maximum Gasteiger partial charge on any atom is 0.419 e. The van der Waals surface area contributed by atoms with Crippen molar-refractivity contribution >= 4 is 0 Å². The highest BCUT2D eigenvalue weighted by Crippen LogP contribution is 2.37. The van der Waals surface area contributed by atoms with Crippen molar-refractivity contribution in [2.75, 3.05) is 0 Å². The van der Waals surface area contributed by atoms with E-state index in [0.717, 1.165) is 11.6 Å². The number of ether oxygens (including phenoxy) is 1. The van der Waals surface area contributed by atoms with E-state index in [1.165, 1.54) is 12.1 Å². The summed E-state index contributed by atoms with van der Waals surface area (Å²) in [7, 11) is 0. The van der Waals surface area contributed by atoms with Crippen LogP contribution in [0.15, 0.2) is 42.7 Å². The first-order chi connectivity index (χ1) is 9.50. The van der Waals surface area contributed by atoms with E-state index in [2.05, 4.69) is 4.98 Å². The molecule has 0 aliphatic carbocycles. The summed E-state index contributed by atoms with van der Waals surface area (Å²) in [4.78, 5) is 3.83. The molecule has 2 aromatic rings. The third kappa shape index (κ3) is 3.48. The van der Waals surface area contributed by atoms with Crippen molar-refractivity contribution in [2.45, 2.75) is 19.3 Å². The lowest BCUT2D eigenvalue weighted by molar-refractivity contribution is -0.139. The maximum atomic E-state index is 13.0. The summed E-state index contributed by atoms with van der Waals surface area (Å²) in [6, 6.07) is 7.20. The fraction of sp³-hybridized carbons (Fsp3) is 0.214. The van der Waals surface area contributed by atoms with E-state index in [9.17, 15) is 13.2 Å². The number of hydrogen-bond donors (Lipinski definition) is 1. The molecule has 0 bridgehead atoms. The molecule has 106 valence electrons. The molecule has 0 radical (unpaired) electrons. The molecule has 1 aromatic heterocycles. The van der Waals surface area contributed by atoms with Crippen LogP contribution >= 0.6 is 0 Å². The molecule has 6 heteroatoms. The zero-order valence-electron chi connectivity index (χ0n) is 10.5. The largest absolute Gasteiger partial charge is 0.488 e. The molecule has 0 unspecified atom stereocenters. The Hall–Kier alpha value is -2.08. The third-order valence-electron chi connectivity index (χ3n) is 2.73. The lowest BCUT2D eigenvalue weighted by atomic mass is 10.1. The Morgan fingerprint density at radius 3 is 2.35 bits per heavy atom. The number of nitrogens with zero attached hydrogens (tertiary/aromatic N) is 1. The molecule has 0 atom stereocenters. The van der Waals surface area contributed by atoms with Crippen LogP contribution in [-0.4, -0.2) is 4.98 Å². The van der Waals surface area contributed by atoms with Gasteiger partial charge in [0.1, 0.15) is 12.4 Å². The Balaban J connectivity index is 2.23. The molecule has 2 rings (SSSR count). The topological polar surface area (TPSA) is 48.1 Å². The van der Waals surface area contributed by atoms with Crippen LogP contribution in [0.25, 0.3) is 0 Å². The van der Waals surface area contributed by atoms with Gasteiger partial charge in [-0.25, -0.2) is 0 Å². The monoisotopic (exact) mass is 282 g/mol. The Labute approximate surface area is 114 Å². The number of pyridine rings is 1. The predicted molar refractivity (Wildman–Crippen MR) is 67.9 cm³/mol. The molecule has 0 aliphatic rings. The van der Waals surface area contributed by atoms with Crippen molar-refractivity contribution < 1.29 is 17.9 Å². The van der Waals surface area contributed by atoms with Crippen LogP contribution in [0.2, 0.25) is 0 Å². The third-order valence-corrected chi connectivity index (χ3v) is 2.73. The van der Waals surface area contributed by atoms with Gasteiger partial charge in [0, 0.05) is 18.9 Å². The summed E-state index contributed by atoms with van der Waals surface area (Å²) < 4.78 is 44.1. The summed E-state index contributed by atoms with van der Waals surface area (Å²) in [5.41, 5.74) is 5.71. The predicted octanol–water partition coefficient (Wildman–Crippen LogP) is 3.14. The van der Waals surface area contributed by atoms with Crippen molar-refractivity contribution in [1.29, 1.82) is 0 Å². The zero-order chi connectivity index (χ0) is 14.6. The Kier molecular flexibility index (Phi) is 4.24. The average Bonchev–Trinajstić information content (AvgIpc) is 2.45. The van der Waals surface area contributed by atoms with Crippen LogP contribution in [0.5, 0.6) is 5.75 Å². The van der Waals surface area contributed by atoms with E-state index in [1.807, 2.05) is 0 Å². The van der Waals surface area contributed by atoms with Gasteiger partial charge in [0.25, 0.3) is 0 Å². The molecule has 1 aromatic carbocycles. The summed E-state index contributed by atoms with van der Waals surface area (Å²) in [6.45, 7) is 0.0985. The Bertz CT molecular complexity index is 570. The van der Waals surface area contributed by atoms with Crippen molar-refractivity contribution in [2.24, 2.45) is 5.73 Å². The van der Waals surface area contributed by atoms with Crippen molar-refractivity contribution in [3.05, 3.63) is 59.4 Å². The molecule has 0 spiro atoms. The summed E-state index contributed by atoms with van der Waals surface area (Å²) in [5.74, 6) is -0.202. The number of halogens is 3. The van der Waals surface area contributed by atoms with Gasteiger partial charge in [-0.2, -0.15) is 13.2 Å². The molecule has 20 heavy (non-hydrogen) atoms. The van der Waals surface area contributed by atoms with Gasteiger partial charge in [-0.15, -0.1) is 0 Å². The first kappa shape index (κ1) is 14.3. The molecule has 1 heterocycles. The average molecular weight is 282 g/mol. The summed E-state index contributed by atoms with van der Waals surface area (Å²) >= 11 is 0. The minimum absolute atomic E-state index is 0.0492. The van der Waals surface area contributed by atoms with Gasteiger partial charge in [0.15, 0.2) is 0 Å². The van der Waals surface area contributed by atoms with Gasteiger partial charge in [-0.1, -0.05) is 6.07 Å². The van der Waals surface area contributed by atoms with E-state index >= 15 is 0 Å². The maximum absolute atomic E-state index is 13.0. The Morgan fingerprint density at radius 1 is 1.05 bits per heavy atom. The van der Waals surface area contributed by atoms with Crippen LogP contribution in [0, 0.1) is 0 Å². The molecule has 2 N–H and O–H groups in total. The smallest absolute Gasteiger partial charge is 0.419 e. The highest BCUT2D eigenvalue weighted by atomic mass is 19.4. The summed E-state index contributed by atoms with van der Waals surface area (Å²) in [5, 5.41) is 0. The normalized spacial score (nSPS) is 11.4. The number of rotatable bonds is 4. The highest BCUT2D eigenvalue weighted by Gasteiger charge is 2.34. The Morgan fingerprint density at radius 2 is 1.75 bits per heavy atom. The van der Waals surface area contributed by atoms with Gasteiger partial charge in [-0.3, -0.25) is 4.98 Å². The van der Waals surface area contributed by atoms with Crippen LogP contribution in [0.1, 0.15) is 16.7 Å². The van der Waals surface area contributed by atoms with E-state index in [4.69, 9.17) is 10.5 Å². The van der Waals surface area contributed by atoms with E-state index in [1.54, 1.807) is 24.5 Å². The molecular formula is C14H13F3N2O. The van der Waals surface area contributed by atoms with Crippen molar-refractivity contribution in [1.82, 2.24) is 4.98 Å². The number of hydrogen-bond acceptors (Lipinski definition) is 3. The molecule has 3 nitrogen and oxygen atoms in total. The van der Waals surface area contributed by atoms with Crippen LogP contribution in [0.4, 0.5) is 13.2 Å². The fourth-order valence-electron chi connectivity index (χ4n) is 1.69. The molecule has 0 saturated carbocycles. The second-order valence-electron chi connectivity index (χ2n) is 4.18. The van der Waals surface area contributed by atoms with Gasteiger partial charge < -0.3 is 10.5 Å². The van der Waals surface area contributed by atoms with Crippen molar-refractivity contribution in [3.63, 3.8) is 0 Å². The van der Waals surface area contributed by atoms with Gasteiger partial charge in [0.05, 0.1) is 5.56 Å². The van der Waals surface area contributed by atoms with E-state index < -0.39 is 11.7 Å². The highest BCUT2D eigenvalue weighted by molar-refractivity contribution is 5.39. The standard InChI is InChI=1S/C14H13F3N2O/c15-14(16,17)12-7-11(8-18)1-2-13(12)20-9-10-3-5-19-6-4-10/h1-7H,8-9,18H2. The first-order valence-corrected chi connectivity index (χ1v) is 5.92. The molecule has 0 amide bonds. The minimum atomic E-state index is -4.47. The number of alkyl halides is 3. The van der Waals surface area contributed by atoms with Crippen LogP contribution < -0.4 is 10.5 Å². The molecular weight excluding hydrogens is 269 g/mol. The van der Waals surface area contributed by atoms with Gasteiger partial charge >= 0.3 is 6.18 Å². The first-order valence-electron chi connectivity index (χ1n) is 5.92. The number of benzene rings is 1. The van der Waals surface area contributed by atoms with Gasteiger partial charge in [0.2, 0.25) is 0 Å². The second kappa shape index (κ2) is 5.92. The zero-order valence-corrected chi connectivity index (χ0v) is 10.5. The van der Waals surface area contributed by atoms with Gasteiger partial charge in [-0.05, 0) is 35.4 Å². The fourth-order valence-corrected chi connectivity index (χ4v) is 1.69. The second-order valence-corrected chi connectivity index (χ2v) is 4.18. The lowest BCUT2D eigenvalue weighted by Crippen LogP contribution is -2.10. The molecule has 0 saturated heterocycles. The minimum Gasteiger partial charge on any atom is -0.488 e. The van der Waals surface area contributed by atoms with Crippen LogP contribution in [-0.2, 0) is 19.3 Å². The molecule has 0 fully saturated rings.